The van der Waals surface area contributed by atoms with E-state index in [1.807, 2.05) is 0 Å². The summed E-state index contributed by atoms with van der Waals surface area (Å²) in [6, 6.07) is 0. The number of aldehydes is 1. The Morgan fingerprint density at radius 3 is 2.44 bits per heavy atom. The summed E-state index contributed by atoms with van der Waals surface area (Å²) in [7, 11) is 2.77. The molecule has 8 heteroatoms. The molecule has 8 nitrogen and oxygen atoms in total. The minimum Gasteiger partial charge on any atom is -0.294 e. The zero-order valence-electron chi connectivity index (χ0n) is 8.54. The third-order valence-corrected chi connectivity index (χ3v) is 2.19. The first-order valence-corrected chi connectivity index (χ1v) is 4.32. The number of hydrogen-bond donors (Lipinski definition) is 0. The Hall–Kier alpha value is -2.38. The van der Waals surface area contributed by atoms with Crippen LogP contribution in [0.4, 0.5) is 0 Å². The highest BCUT2D eigenvalue weighted by molar-refractivity contribution is 5.74. The second-order valence-electron chi connectivity index (χ2n) is 3.17. The van der Waals surface area contributed by atoms with Gasteiger partial charge in [-0.25, -0.2) is 9.78 Å². The molecule has 0 radical (unpaired) electrons. The van der Waals surface area contributed by atoms with E-state index in [2.05, 4.69) is 15.2 Å². The standard InChI is InChI=1S/C8H7N5O3/c1-12-6-5(7(15)13(2)8(12)16)9-4(3-14)10-11-6/h3H,1-2H3. The van der Waals surface area contributed by atoms with Crippen molar-refractivity contribution in [2.45, 2.75) is 0 Å². The fraction of sp³-hybridized carbons (Fsp3) is 0.250. The minimum absolute atomic E-state index is 0.0540. The molecule has 16 heavy (non-hydrogen) atoms. The zero-order chi connectivity index (χ0) is 11.9. The van der Waals surface area contributed by atoms with Crippen LogP contribution in [0.15, 0.2) is 9.59 Å². The molecule has 0 aliphatic heterocycles. The average Bonchev–Trinajstić information content (AvgIpc) is 2.33. The van der Waals surface area contributed by atoms with E-state index < -0.39 is 11.2 Å². The van der Waals surface area contributed by atoms with Gasteiger partial charge in [-0.3, -0.25) is 18.7 Å². The molecule has 2 rings (SSSR count). The van der Waals surface area contributed by atoms with Crippen LogP contribution in [0.2, 0.25) is 0 Å². The number of hydrogen-bond acceptors (Lipinski definition) is 6. The van der Waals surface area contributed by atoms with Gasteiger partial charge in [0.25, 0.3) is 5.56 Å². The van der Waals surface area contributed by atoms with E-state index in [0.29, 0.717) is 6.29 Å². The highest BCUT2D eigenvalue weighted by Crippen LogP contribution is 1.97. The predicted octanol–water partition coefficient (Wildman–Crippen LogP) is -1.77. The van der Waals surface area contributed by atoms with Crippen LogP contribution in [-0.4, -0.2) is 30.6 Å². The average molecular weight is 221 g/mol. The molecule has 2 aromatic heterocycles. The van der Waals surface area contributed by atoms with Gasteiger partial charge in [-0.1, -0.05) is 0 Å². The first-order chi connectivity index (χ1) is 7.56. The largest absolute Gasteiger partial charge is 0.332 e. The van der Waals surface area contributed by atoms with Gasteiger partial charge < -0.3 is 0 Å². The third-order valence-electron chi connectivity index (χ3n) is 2.19. The van der Waals surface area contributed by atoms with Crippen LogP contribution in [0.3, 0.4) is 0 Å². The molecule has 0 aliphatic carbocycles. The summed E-state index contributed by atoms with van der Waals surface area (Å²) in [4.78, 5) is 37.4. The van der Waals surface area contributed by atoms with Crippen molar-refractivity contribution in [3.05, 3.63) is 26.7 Å². The van der Waals surface area contributed by atoms with Crippen LogP contribution in [0, 0.1) is 0 Å². The van der Waals surface area contributed by atoms with Crippen LogP contribution in [-0.2, 0) is 14.1 Å². The molecular weight excluding hydrogens is 214 g/mol. The fourth-order valence-corrected chi connectivity index (χ4v) is 1.31. The molecule has 0 amide bonds. The summed E-state index contributed by atoms with van der Waals surface area (Å²) in [5.41, 5.74) is -1.12. The van der Waals surface area contributed by atoms with Gasteiger partial charge in [0.2, 0.25) is 5.82 Å². The van der Waals surface area contributed by atoms with Crippen molar-refractivity contribution < 1.29 is 4.79 Å². The topological polar surface area (TPSA) is 99.7 Å². The number of nitrogens with zero attached hydrogens (tertiary/aromatic N) is 5. The van der Waals surface area contributed by atoms with Crippen molar-refractivity contribution in [2.75, 3.05) is 0 Å². The molecular formula is C8H7N5O3. The molecule has 0 N–H and O–H groups in total. The molecule has 0 fully saturated rings. The van der Waals surface area contributed by atoms with Gasteiger partial charge in [-0.05, 0) is 0 Å². The fourth-order valence-electron chi connectivity index (χ4n) is 1.31. The van der Waals surface area contributed by atoms with Crippen LogP contribution in [0.25, 0.3) is 11.2 Å². The molecule has 2 heterocycles. The monoisotopic (exact) mass is 221 g/mol. The first-order valence-electron chi connectivity index (χ1n) is 4.32. The molecule has 0 saturated heterocycles. The third kappa shape index (κ3) is 1.23. The molecule has 0 aromatic carbocycles. The summed E-state index contributed by atoms with van der Waals surface area (Å²) >= 11 is 0. The van der Waals surface area contributed by atoms with E-state index in [1.165, 1.54) is 14.1 Å². The van der Waals surface area contributed by atoms with Gasteiger partial charge >= 0.3 is 5.69 Å². The van der Waals surface area contributed by atoms with Gasteiger partial charge in [0, 0.05) is 14.1 Å². The normalized spacial score (nSPS) is 10.6. The Kier molecular flexibility index (Phi) is 2.11. The van der Waals surface area contributed by atoms with Crippen LogP contribution in [0.5, 0.6) is 0 Å². The number of carbonyl (C=O) groups is 1. The maximum atomic E-state index is 11.7. The Bertz CT molecular complexity index is 699. The van der Waals surface area contributed by atoms with E-state index >= 15 is 0 Å². The lowest BCUT2D eigenvalue weighted by Gasteiger charge is -2.04. The summed E-state index contributed by atoms with van der Waals surface area (Å²) < 4.78 is 2.04. The number of aryl methyl sites for hydroxylation is 1. The molecule has 2 aromatic rings. The molecule has 0 aliphatic rings. The molecule has 82 valence electrons. The summed E-state index contributed by atoms with van der Waals surface area (Å²) in [5, 5.41) is 7.08. The molecule has 0 unspecified atom stereocenters. The van der Waals surface area contributed by atoms with Gasteiger partial charge in [0.15, 0.2) is 17.5 Å². The van der Waals surface area contributed by atoms with Gasteiger partial charge in [-0.2, -0.15) is 0 Å². The molecule has 0 spiro atoms. The molecule has 0 atom stereocenters. The van der Waals surface area contributed by atoms with Crippen LogP contribution in [0.1, 0.15) is 10.6 Å². The summed E-state index contributed by atoms with van der Waals surface area (Å²) in [5.74, 6) is -0.191. The van der Waals surface area contributed by atoms with Gasteiger partial charge in [0.1, 0.15) is 0 Å². The van der Waals surface area contributed by atoms with Gasteiger partial charge in [0.05, 0.1) is 0 Å². The minimum atomic E-state index is -0.601. The Morgan fingerprint density at radius 2 is 1.81 bits per heavy atom. The second kappa shape index (κ2) is 3.33. The Morgan fingerprint density at radius 1 is 1.12 bits per heavy atom. The second-order valence-corrected chi connectivity index (χ2v) is 3.17. The molecule has 0 bridgehead atoms. The lowest BCUT2D eigenvalue weighted by atomic mass is 10.5. The maximum absolute atomic E-state index is 11.7. The smallest absolute Gasteiger partial charge is 0.294 e. The highest BCUT2D eigenvalue weighted by atomic mass is 16.2. The van der Waals surface area contributed by atoms with Crippen molar-refractivity contribution in [3.8, 4) is 0 Å². The predicted molar refractivity (Wildman–Crippen MR) is 53.2 cm³/mol. The van der Waals surface area contributed by atoms with E-state index in [1.54, 1.807) is 0 Å². The first kappa shape index (κ1) is 10.1. The number of carbonyl (C=O) groups excluding carboxylic acids is 1. The van der Waals surface area contributed by atoms with E-state index in [4.69, 9.17) is 0 Å². The SMILES string of the molecule is Cn1c(=O)c2nc(C=O)nnc2n(C)c1=O. The number of fused-ring (bicyclic) bond motifs is 1. The van der Waals surface area contributed by atoms with E-state index in [0.717, 1.165) is 9.13 Å². The van der Waals surface area contributed by atoms with Crippen molar-refractivity contribution in [2.24, 2.45) is 14.1 Å². The van der Waals surface area contributed by atoms with Gasteiger partial charge in [-0.15, -0.1) is 10.2 Å². The lowest BCUT2D eigenvalue weighted by Crippen LogP contribution is -2.38. The molecule has 0 saturated carbocycles. The van der Waals surface area contributed by atoms with E-state index in [9.17, 15) is 14.4 Å². The van der Waals surface area contributed by atoms with Crippen molar-refractivity contribution in [1.82, 2.24) is 24.3 Å². The van der Waals surface area contributed by atoms with E-state index in [-0.39, 0.29) is 17.0 Å². The number of rotatable bonds is 1. The van der Waals surface area contributed by atoms with Crippen molar-refractivity contribution in [3.63, 3.8) is 0 Å². The zero-order valence-corrected chi connectivity index (χ0v) is 8.54. The highest BCUT2D eigenvalue weighted by Gasteiger charge is 2.12. The Balaban J connectivity index is 3.09. The Labute approximate surface area is 88.2 Å². The lowest BCUT2D eigenvalue weighted by molar-refractivity contribution is 0.111. The van der Waals surface area contributed by atoms with Crippen molar-refractivity contribution in [1.29, 1.82) is 0 Å². The number of aromatic nitrogens is 5. The van der Waals surface area contributed by atoms with Crippen LogP contribution < -0.4 is 11.2 Å². The van der Waals surface area contributed by atoms with Crippen LogP contribution >= 0.6 is 0 Å². The maximum Gasteiger partial charge on any atom is 0.332 e. The summed E-state index contributed by atoms with van der Waals surface area (Å²) in [6.07, 6.45) is 0.386. The summed E-state index contributed by atoms with van der Waals surface area (Å²) in [6.45, 7) is 0. The van der Waals surface area contributed by atoms with Crippen molar-refractivity contribution >= 4 is 17.5 Å². The quantitative estimate of drug-likeness (QED) is 0.528.